The molecule has 22 heavy (non-hydrogen) atoms. The maximum Gasteiger partial charge on any atom is 0.318 e. The first-order valence-corrected chi connectivity index (χ1v) is 7.13. The number of Topliss-reactive ketones (excluding diaryl/α,β-unsaturated/α-hetero) is 1. The van der Waals surface area contributed by atoms with E-state index in [0.29, 0.717) is 5.56 Å². The second kappa shape index (κ2) is 8.28. The van der Waals surface area contributed by atoms with Crippen molar-refractivity contribution < 1.29 is 23.9 Å². The summed E-state index contributed by atoms with van der Waals surface area (Å²) >= 11 is 3.26. The van der Waals surface area contributed by atoms with Crippen LogP contribution in [0.2, 0.25) is 0 Å². The van der Waals surface area contributed by atoms with E-state index in [1.165, 1.54) is 6.92 Å². The van der Waals surface area contributed by atoms with E-state index in [1.807, 2.05) is 0 Å². The van der Waals surface area contributed by atoms with Crippen LogP contribution >= 0.6 is 15.9 Å². The number of esters is 1. The monoisotopic (exact) mass is 370 g/mol. The standard InChI is InChI=1S/C14H15BrN2O5/c1-8(13(20)22-7-12(19)17-14(16)21)5-11(18)9-3-2-4-10(15)6-9/h2-4,6,8H,5,7H2,1H3,(H3,16,17,19,21). The zero-order valence-electron chi connectivity index (χ0n) is 11.8. The van der Waals surface area contributed by atoms with Crippen molar-refractivity contribution in [2.24, 2.45) is 11.7 Å². The Bertz CT molecular complexity index is 603. The number of carbonyl (C=O) groups is 4. The summed E-state index contributed by atoms with van der Waals surface area (Å²) in [6.07, 6.45) is -0.0489. The molecule has 118 valence electrons. The SMILES string of the molecule is CC(CC(=O)c1cccc(Br)c1)C(=O)OCC(=O)NC(N)=O. The van der Waals surface area contributed by atoms with Crippen LogP contribution in [-0.2, 0) is 14.3 Å². The molecule has 8 heteroatoms. The minimum absolute atomic E-state index is 0.0489. The number of nitrogens with one attached hydrogen (secondary N) is 1. The van der Waals surface area contributed by atoms with Crippen LogP contribution in [0.25, 0.3) is 0 Å². The number of hydrogen-bond donors (Lipinski definition) is 2. The number of urea groups is 1. The second-order valence-electron chi connectivity index (χ2n) is 4.56. The van der Waals surface area contributed by atoms with Gasteiger partial charge in [-0.05, 0) is 12.1 Å². The van der Waals surface area contributed by atoms with Gasteiger partial charge < -0.3 is 10.5 Å². The molecule has 3 N–H and O–H groups in total. The largest absolute Gasteiger partial charge is 0.455 e. The Morgan fingerprint density at radius 2 is 2.00 bits per heavy atom. The summed E-state index contributed by atoms with van der Waals surface area (Å²) < 4.78 is 5.47. The third kappa shape index (κ3) is 6.04. The summed E-state index contributed by atoms with van der Waals surface area (Å²) in [4.78, 5) is 45.2. The zero-order valence-corrected chi connectivity index (χ0v) is 13.4. The highest BCUT2D eigenvalue weighted by atomic mass is 79.9. The Hall–Kier alpha value is -2.22. The molecule has 0 heterocycles. The van der Waals surface area contributed by atoms with Gasteiger partial charge in [-0.2, -0.15) is 0 Å². The van der Waals surface area contributed by atoms with Gasteiger partial charge in [0.05, 0.1) is 5.92 Å². The molecule has 1 aromatic carbocycles. The average Bonchev–Trinajstić information content (AvgIpc) is 2.43. The van der Waals surface area contributed by atoms with Crippen molar-refractivity contribution in [3.63, 3.8) is 0 Å². The quantitative estimate of drug-likeness (QED) is 0.579. The molecule has 0 aliphatic carbocycles. The lowest BCUT2D eigenvalue weighted by Gasteiger charge is -2.10. The molecular weight excluding hydrogens is 356 g/mol. The van der Waals surface area contributed by atoms with Crippen LogP contribution in [-0.4, -0.2) is 30.3 Å². The summed E-state index contributed by atoms with van der Waals surface area (Å²) in [6.45, 7) is 0.890. The molecule has 0 radical (unpaired) electrons. The fourth-order valence-electron chi connectivity index (χ4n) is 1.59. The van der Waals surface area contributed by atoms with Crippen LogP contribution in [0.4, 0.5) is 4.79 Å². The van der Waals surface area contributed by atoms with E-state index >= 15 is 0 Å². The highest BCUT2D eigenvalue weighted by Crippen LogP contribution is 2.16. The summed E-state index contributed by atoms with van der Waals surface area (Å²) in [7, 11) is 0. The number of amides is 3. The van der Waals surface area contributed by atoms with Gasteiger partial charge >= 0.3 is 12.0 Å². The van der Waals surface area contributed by atoms with Gasteiger partial charge in [0, 0.05) is 16.5 Å². The van der Waals surface area contributed by atoms with Gasteiger partial charge in [0.25, 0.3) is 5.91 Å². The van der Waals surface area contributed by atoms with E-state index in [-0.39, 0.29) is 12.2 Å². The average molecular weight is 371 g/mol. The Kier molecular flexibility index (Phi) is 6.71. The molecule has 1 rings (SSSR count). The first kappa shape index (κ1) is 17.8. The van der Waals surface area contributed by atoms with Crippen LogP contribution in [0.15, 0.2) is 28.7 Å². The number of halogens is 1. The summed E-state index contributed by atoms with van der Waals surface area (Å²) in [5, 5.41) is 1.76. The Morgan fingerprint density at radius 3 is 2.59 bits per heavy atom. The lowest BCUT2D eigenvalue weighted by molar-refractivity contribution is -0.151. The third-order valence-corrected chi connectivity index (χ3v) is 3.14. The molecule has 0 bridgehead atoms. The lowest BCUT2D eigenvalue weighted by atomic mass is 10.00. The molecular formula is C14H15BrN2O5. The van der Waals surface area contributed by atoms with Gasteiger partial charge in [-0.25, -0.2) is 4.79 Å². The van der Waals surface area contributed by atoms with Crippen LogP contribution in [0.5, 0.6) is 0 Å². The highest BCUT2D eigenvalue weighted by molar-refractivity contribution is 9.10. The first-order chi connectivity index (χ1) is 10.3. The van der Waals surface area contributed by atoms with Crippen LogP contribution in [0.3, 0.4) is 0 Å². The normalized spacial score (nSPS) is 11.4. The highest BCUT2D eigenvalue weighted by Gasteiger charge is 2.20. The van der Waals surface area contributed by atoms with Crippen LogP contribution < -0.4 is 11.1 Å². The maximum atomic E-state index is 12.0. The van der Waals surface area contributed by atoms with Gasteiger partial charge in [0.15, 0.2) is 12.4 Å². The van der Waals surface area contributed by atoms with Crippen LogP contribution in [0, 0.1) is 5.92 Å². The molecule has 1 unspecified atom stereocenters. The van der Waals surface area contributed by atoms with Crippen molar-refractivity contribution in [3.05, 3.63) is 34.3 Å². The van der Waals surface area contributed by atoms with E-state index in [9.17, 15) is 19.2 Å². The Balaban J connectivity index is 2.48. The molecule has 0 aromatic heterocycles. The number of carbonyl (C=O) groups excluding carboxylic acids is 4. The molecule has 0 aliphatic heterocycles. The van der Waals surface area contributed by atoms with Crippen molar-refractivity contribution in [1.82, 2.24) is 5.32 Å². The van der Waals surface area contributed by atoms with Crippen molar-refractivity contribution in [2.45, 2.75) is 13.3 Å². The van der Waals surface area contributed by atoms with E-state index in [2.05, 4.69) is 15.9 Å². The van der Waals surface area contributed by atoms with Gasteiger partial charge in [-0.1, -0.05) is 35.0 Å². The Morgan fingerprint density at radius 1 is 1.32 bits per heavy atom. The number of benzene rings is 1. The van der Waals surface area contributed by atoms with Gasteiger partial charge in [-0.3, -0.25) is 19.7 Å². The summed E-state index contributed by atoms with van der Waals surface area (Å²) in [6, 6.07) is 5.77. The number of ketones is 1. The van der Waals surface area contributed by atoms with E-state index in [1.54, 1.807) is 29.6 Å². The molecule has 0 spiro atoms. The number of imide groups is 1. The lowest BCUT2D eigenvalue weighted by Crippen LogP contribution is -2.38. The second-order valence-corrected chi connectivity index (χ2v) is 5.47. The molecule has 0 saturated carbocycles. The van der Waals surface area contributed by atoms with Crippen molar-refractivity contribution in [1.29, 1.82) is 0 Å². The molecule has 0 saturated heterocycles. The van der Waals surface area contributed by atoms with Gasteiger partial charge in [0.1, 0.15) is 0 Å². The van der Waals surface area contributed by atoms with Crippen molar-refractivity contribution in [3.8, 4) is 0 Å². The first-order valence-electron chi connectivity index (χ1n) is 6.34. The summed E-state index contributed by atoms with van der Waals surface area (Å²) in [5.41, 5.74) is 5.21. The van der Waals surface area contributed by atoms with Crippen molar-refractivity contribution in [2.75, 3.05) is 6.61 Å². The third-order valence-electron chi connectivity index (χ3n) is 2.65. The number of ether oxygens (including phenoxy) is 1. The fraction of sp³-hybridized carbons (Fsp3) is 0.286. The zero-order chi connectivity index (χ0) is 16.7. The molecule has 3 amide bonds. The molecule has 0 fully saturated rings. The predicted octanol–water partition coefficient (Wildman–Crippen LogP) is 1.40. The molecule has 7 nitrogen and oxygen atoms in total. The van der Waals surface area contributed by atoms with E-state index in [0.717, 1.165) is 4.47 Å². The molecule has 0 aliphatic rings. The minimum atomic E-state index is -1.03. The number of hydrogen-bond acceptors (Lipinski definition) is 5. The summed E-state index contributed by atoms with van der Waals surface area (Å²) in [5.74, 6) is -2.46. The Labute approximate surface area is 135 Å². The van der Waals surface area contributed by atoms with E-state index in [4.69, 9.17) is 10.5 Å². The fourth-order valence-corrected chi connectivity index (χ4v) is 1.99. The number of nitrogens with two attached hydrogens (primary N) is 1. The molecule has 1 atom stereocenters. The maximum absolute atomic E-state index is 12.0. The predicted molar refractivity (Wildman–Crippen MR) is 80.9 cm³/mol. The number of primary amides is 1. The number of rotatable bonds is 6. The minimum Gasteiger partial charge on any atom is -0.455 e. The topological polar surface area (TPSA) is 116 Å². The van der Waals surface area contributed by atoms with Crippen LogP contribution in [0.1, 0.15) is 23.7 Å². The smallest absolute Gasteiger partial charge is 0.318 e. The van der Waals surface area contributed by atoms with Gasteiger partial charge in [-0.15, -0.1) is 0 Å². The van der Waals surface area contributed by atoms with Gasteiger partial charge in [0.2, 0.25) is 0 Å². The van der Waals surface area contributed by atoms with E-state index < -0.39 is 30.4 Å². The van der Waals surface area contributed by atoms with Crippen molar-refractivity contribution >= 4 is 39.6 Å². The molecule has 1 aromatic rings.